The topological polar surface area (TPSA) is 115 Å². The molecule has 2 N–H and O–H groups in total. The van der Waals surface area contributed by atoms with Crippen molar-refractivity contribution in [1.82, 2.24) is 5.32 Å². The second-order valence-corrected chi connectivity index (χ2v) is 7.61. The number of hydrogen-bond donors (Lipinski definition) is 2. The lowest BCUT2D eigenvalue weighted by Crippen LogP contribution is -2.28. The van der Waals surface area contributed by atoms with E-state index >= 15 is 0 Å². The number of anilines is 1. The van der Waals surface area contributed by atoms with Crippen molar-refractivity contribution < 1.29 is 27.2 Å². The van der Waals surface area contributed by atoms with Crippen LogP contribution in [0.25, 0.3) is 0 Å². The highest BCUT2D eigenvalue weighted by Gasteiger charge is 2.15. The Balaban J connectivity index is 1.57. The fourth-order valence-corrected chi connectivity index (χ4v) is 3.46. The molecule has 0 saturated carbocycles. The molecule has 2 aromatic carbocycles. The first-order valence-electron chi connectivity index (χ1n) is 8.58. The number of carbonyl (C=O) groups is 2. The minimum Gasteiger partial charge on any atom is -0.467 e. The van der Waals surface area contributed by atoms with E-state index < -0.39 is 28.5 Å². The maximum Gasteiger partial charge on any atom is 0.338 e. The second kappa shape index (κ2) is 9.07. The molecule has 8 nitrogen and oxygen atoms in total. The van der Waals surface area contributed by atoms with Crippen LogP contribution in [-0.4, -0.2) is 26.9 Å². The van der Waals surface area contributed by atoms with Crippen molar-refractivity contribution >= 4 is 27.6 Å². The summed E-state index contributed by atoms with van der Waals surface area (Å²) in [6.07, 6.45) is 1.49. The van der Waals surface area contributed by atoms with Crippen LogP contribution in [0.3, 0.4) is 0 Å². The number of rotatable bonds is 8. The summed E-state index contributed by atoms with van der Waals surface area (Å²) in [7, 11) is -3.79. The third-order valence-electron chi connectivity index (χ3n) is 3.78. The standard InChI is InChI=1S/C20H18N2O6S/c23-19(21-13-17-8-5-11-27-17)14-28-20(24)15-6-4-7-16(12-15)22-29(25,26)18-9-2-1-3-10-18/h1-12,22H,13-14H2,(H,21,23). The fraction of sp³-hybridized carbons (Fsp3) is 0.100. The Morgan fingerprint density at radius 3 is 2.48 bits per heavy atom. The molecule has 0 spiro atoms. The Bertz CT molecular complexity index is 1080. The Hall–Kier alpha value is -3.59. The second-order valence-electron chi connectivity index (χ2n) is 5.93. The first-order chi connectivity index (χ1) is 13.9. The molecule has 0 aliphatic heterocycles. The monoisotopic (exact) mass is 414 g/mol. The fourth-order valence-electron chi connectivity index (χ4n) is 2.39. The molecule has 1 heterocycles. The maximum atomic E-state index is 12.4. The highest BCUT2D eigenvalue weighted by Crippen LogP contribution is 2.17. The molecule has 0 bridgehead atoms. The molecule has 0 aliphatic rings. The first kappa shape index (κ1) is 20.2. The zero-order chi connectivity index (χ0) is 20.7. The van der Waals surface area contributed by atoms with Crippen molar-refractivity contribution in [1.29, 1.82) is 0 Å². The van der Waals surface area contributed by atoms with Crippen LogP contribution in [0.5, 0.6) is 0 Å². The third kappa shape index (κ3) is 5.69. The van der Waals surface area contributed by atoms with Crippen LogP contribution in [-0.2, 0) is 26.1 Å². The lowest BCUT2D eigenvalue weighted by molar-refractivity contribution is -0.124. The predicted octanol–water partition coefficient (Wildman–Crippen LogP) is 2.55. The van der Waals surface area contributed by atoms with Crippen LogP contribution in [0.15, 0.2) is 82.3 Å². The molecule has 3 aromatic rings. The van der Waals surface area contributed by atoms with Crippen molar-refractivity contribution in [3.63, 3.8) is 0 Å². The predicted molar refractivity (Wildman–Crippen MR) is 105 cm³/mol. The van der Waals surface area contributed by atoms with Gasteiger partial charge >= 0.3 is 5.97 Å². The normalized spacial score (nSPS) is 10.9. The van der Waals surface area contributed by atoms with Gasteiger partial charge in [0.25, 0.3) is 15.9 Å². The van der Waals surface area contributed by atoms with E-state index in [0.717, 1.165) is 0 Å². The summed E-state index contributed by atoms with van der Waals surface area (Å²) in [6.45, 7) is -0.292. The number of furan rings is 1. The molecule has 1 amide bonds. The van der Waals surface area contributed by atoms with Gasteiger partial charge < -0.3 is 14.5 Å². The van der Waals surface area contributed by atoms with Crippen LogP contribution in [0.1, 0.15) is 16.1 Å². The van der Waals surface area contributed by atoms with Gasteiger partial charge in [-0.1, -0.05) is 24.3 Å². The quantitative estimate of drug-likeness (QED) is 0.548. The van der Waals surface area contributed by atoms with Crippen molar-refractivity contribution in [3.05, 3.63) is 84.3 Å². The molecule has 3 rings (SSSR count). The van der Waals surface area contributed by atoms with Gasteiger partial charge in [0.05, 0.1) is 23.3 Å². The van der Waals surface area contributed by atoms with E-state index in [2.05, 4.69) is 10.0 Å². The molecule has 0 atom stereocenters. The zero-order valence-corrected chi connectivity index (χ0v) is 16.0. The van der Waals surface area contributed by atoms with Crippen molar-refractivity contribution in [3.8, 4) is 0 Å². The number of ether oxygens (including phenoxy) is 1. The number of amides is 1. The summed E-state index contributed by atoms with van der Waals surface area (Å²) in [4.78, 5) is 24.0. The molecule has 0 unspecified atom stereocenters. The van der Waals surface area contributed by atoms with Gasteiger partial charge in [0, 0.05) is 5.69 Å². The molecule has 0 fully saturated rings. The highest BCUT2D eigenvalue weighted by atomic mass is 32.2. The average Bonchev–Trinajstić information content (AvgIpc) is 3.25. The molecule has 0 saturated heterocycles. The number of carbonyl (C=O) groups excluding carboxylic acids is 2. The van der Waals surface area contributed by atoms with E-state index in [4.69, 9.17) is 9.15 Å². The van der Waals surface area contributed by atoms with Gasteiger partial charge in [-0.3, -0.25) is 9.52 Å². The largest absolute Gasteiger partial charge is 0.467 e. The summed E-state index contributed by atoms with van der Waals surface area (Å²) in [6, 6.07) is 17.1. The van der Waals surface area contributed by atoms with Gasteiger partial charge in [0.1, 0.15) is 5.76 Å². The smallest absolute Gasteiger partial charge is 0.338 e. The van der Waals surface area contributed by atoms with E-state index in [9.17, 15) is 18.0 Å². The van der Waals surface area contributed by atoms with E-state index in [1.165, 1.54) is 42.7 Å². The Morgan fingerprint density at radius 2 is 1.76 bits per heavy atom. The number of nitrogens with one attached hydrogen (secondary N) is 2. The Labute approximate surface area is 167 Å². The van der Waals surface area contributed by atoms with Crippen molar-refractivity contribution in [2.75, 3.05) is 11.3 Å². The van der Waals surface area contributed by atoms with Crippen LogP contribution in [0.2, 0.25) is 0 Å². The Kier molecular flexibility index (Phi) is 6.30. The van der Waals surface area contributed by atoms with Crippen LogP contribution in [0, 0.1) is 0 Å². The van der Waals surface area contributed by atoms with Crippen molar-refractivity contribution in [2.24, 2.45) is 0 Å². The summed E-state index contributed by atoms with van der Waals surface area (Å²) < 4.78 is 37.2. The van der Waals surface area contributed by atoms with Crippen LogP contribution < -0.4 is 10.0 Å². The number of benzene rings is 2. The average molecular weight is 414 g/mol. The zero-order valence-electron chi connectivity index (χ0n) is 15.2. The van der Waals surface area contributed by atoms with Crippen LogP contribution in [0.4, 0.5) is 5.69 Å². The minimum atomic E-state index is -3.79. The van der Waals surface area contributed by atoms with E-state index in [0.29, 0.717) is 5.76 Å². The molecule has 9 heteroatoms. The van der Waals surface area contributed by atoms with Gasteiger partial charge in [0.2, 0.25) is 0 Å². The molecule has 150 valence electrons. The first-order valence-corrected chi connectivity index (χ1v) is 10.1. The maximum absolute atomic E-state index is 12.4. The summed E-state index contributed by atoms with van der Waals surface area (Å²) in [5.41, 5.74) is 0.308. The molecule has 0 aliphatic carbocycles. The van der Waals surface area contributed by atoms with Crippen LogP contribution >= 0.6 is 0 Å². The molecular weight excluding hydrogens is 396 g/mol. The van der Waals surface area contributed by atoms with Gasteiger partial charge in [-0.25, -0.2) is 13.2 Å². The highest BCUT2D eigenvalue weighted by molar-refractivity contribution is 7.92. The van der Waals surface area contributed by atoms with Crippen molar-refractivity contribution in [2.45, 2.75) is 11.4 Å². The number of sulfonamides is 1. The SMILES string of the molecule is O=C(COC(=O)c1cccc(NS(=O)(=O)c2ccccc2)c1)NCc1ccco1. The minimum absolute atomic E-state index is 0.0983. The van der Waals surface area contributed by atoms with E-state index in [1.807, 2.05) is 0 Å². The lowest BCUT2D eigenvalue weighted by Gasteiger charge is -2.10. The molecule has 29 heavy (non-hydrogen) atoms. The Morgan fingerprint density at radius 1 is 0.966 bits per heavy atom. The molecule has 0 radical (unpaired) electrons. The van der Waals surface area contributed by atoms with E-state index in [1.54, 1.807) is 30.3 Å². The number of hydrogen-bond acceptors (Lipinski definition) is 6. The summed E-state index contributed by atoms with van der Waals surface area (Å²) in [5, 5.41) is 2.55. The van der Waals surface area contributed by atoms with Gasteiger partial charge in [0.15, 0.2) is 6.61 Å². The van der Waals surface area contributed by atoms with Gasteiger partial charge in [-0.2, -0.15) is 0 Å². The van der Waals surface area contributed by atoms with Gasteiger partial charge in [-0.05, 0) is 42.5 Å². The summed E-state index contributed by atoms with van der Waals surface area (Å²) in [5.74, 6) is -0.669. The molecular formula is C20H18N2O6S. The number of esters is 1. The van der Waals surface area contributed by atoms with E-state index in [-0.39, 0.29) is 22.7 Å². The lowest BCUT2D eigenvalue weighted by atomic mass is 10.2. The molecule has 1 aromatic heterocycles. The van der Waals surface area contributed by atoms with Gasteiger partial charge in [-0.15, -0.1) is 0 Å². The summed E-state index contributed by atoms with van der Waals surface area (Å²) >= 11 is 0. The third-order valence-corrected chi connectivity index (χ3v) is 5.18.